The van der Waals surface area contributed by atoms with Gasteiger partial charge < -0.3 is 18.9 Å². The summed E-state index contributed by atoms with van der Waals surface area (Å²) in [5, 5.41) is 4.77. The van der Waals surface area contributed by atoms with Gasteiger partial charge in [0.05, 0.1) is 31.4 Å². The lowest BCUT2D eigenvalue weighted by atomic mass is 9.99. The lowest BCUT2D eigenvalue weighted by molar-refractivity contribution is 0.111. The molecule has 9 nitrogen and oxygen atoms in total. The minimum absolute atomic E-state index is 0.267. The number of aromatic nitrogens is 5. The van der Waals surface area contributed by atoms with E-state index in [4.69, 9.17) is 19.6 Å². The summed E-state index contributed by atoms with van der Waals surface area (Å²) in [6.07, 6.45) is 8.89. The molecule has 0 N–H and O–H groups in total. The molecule has 0 atom stereocenters. The Morgan fingerprint density at radius 3 is 2.72 bits per heavy atom. The Morgan fingerprint density at radius 1 is 1.17 bits per heavy atom. The number of methoxy groups -OCH3 is 1. The number of aryl methyl sites for hydroxylation is 2. The molecule has 3 aromatic heterocycles. The number of imidazole rings is 1. The van der Waals surface area contributed by atoms with Crippen molar-refractivity contribution >= 4 is 17.3 Å². The second kappa shape index (κ2) is 9.85. The second-order valence-corrected chi connectivity index (χ2v) is 8.96. The monoisotopic (exact) mass is 486 g/mol. The van der Waals surface area contributed by atoms with Gasteiger partial charge in [0.1, 0.15) is 5.75 Å². The Hall–Kier alpha value is -4.14. The Balaban J connectivity index is 1.42. The largest absolute Gasteiger partial charge is 0.495 e. The van der Waals surface area contributed by atoms with Gasteiger partial charge in [-0.25, -0.2) is 19.3 Å². The number of fused-ring (bicyclic) bond motifs is 1. The van der Waals surface area contributed by atoms with Crippen molar-refractivity contribution in [2.75, 3.05) is 26.8 Å². The highest BCUT2D eigenvalue weighted by Crippen LogP contribution is 2.28. The predicted molar refractivity (Wildman–Crippen MR) is 137 cm³/mol. The maximum absolute atomic E-state index is 12.1. The van der Waals surface area contributed by atoms with Gasteiger partial charge >= 0.3 is 6.09 Å². The number of benzene rings is 1. The normalized spacial score (nSPS) is 13.7. The lowest BCUT2D eigenvalue weighted by Gasteiger charge is -2.25. The van der Waals surface area contributed by atoms with Gasteiger partial charge in [-0.2, -0.15) is 5.10 Å². The summed E-state index contributed by atoms with van der Waals surface area (Å²) in [5.41, 5.74) is 7.09. The molecule has 186 valence electrons. The van der Waals surface area contributed by atoms with Crippen LogP contribution >= 0.6 is 0 Å². The fraction of sp³-hybridized carbons (Fsp3) is 0.333. The van der Waals surface area contributed by atoms with Crippen LogP contribution in [0.5, 0.6) is 5.75 Å². The van der Waals surface area contributed by atoms with Crippen molar-refractivity contribution in [2.24, 2.45) is 0 Å². The highest BCUT2D eigenvalue weighted by atomic mass is 16.6. The maximum atomic E-state index is 12.1. The first-order valence-electron chi connectivity index (χ1n) is 12.1. The molecule has 1 aliphatic rings. The second-order valence-electron chi connectivity index (χ2n) is 8.96. The van der Waals surface area contributed by atoms with Crippen molar-refractivity contribution < 1.29 is 14.3 Å². The van der Waals surface area contributed by atoms with Crippen LogP contribution in [0.4, 0.5) is 4.79 Å². The zero-order valence-corrected chi connectivity index (χ0v) is 21.1. The van der Waals surface area contributed by atoms with Crippen molar-refractivity contribution in [1.29, 1.82) is 0 Å². The molecule has 1 amide bonds. The topological polar surface area (TPSA) is 86.8 Å². The molecule has 36 heavy (non-hydrogen) atoms. The van der Waals surface area contributed by atoms with Gasteiger partial charge in [-0.3, -0.25) is 0 Å². The van der Waals surface area contributed by atoms with E-state index in [1.807, 2.05) is 47.5 Å². The molecule has 0 spiro atoms. The van der Waals surface area contributed by atoms with E-state index in [0.717, 1.165) is 51.7 Å². The standard InChI is InChI=1S/C27H30N6O3/c1-5-36-27(34)31-10-8-21(9-11-31)22-12-18(2)15-33-26(22)29-25(30-33)14-20-6-7-23(24(13-20)35-4)32-16-19(3)28-17-32/h6-8,12-13,15-17H,5,9-11,14H2,1-4H3. The number of hydrogen-bond donors (Lipinski definition) is 0. The van der Waals surface area contributed by atoms with Gasteiger partial charge in [0.25, 0.3) is 0 Å². The third-order valence-electron chi connectivity index (χ3n) is 6.29. The third-order valence-corrected chi connectivity index (χ3v) is 6.29. The molecule has 1 aromatic carbocycles. The summed E-state index contributed by atoms with van der Waals surface area (Å²) >= 11 is 0. The van der Waals surface area contributed by atoms with Crippen LogP contribution < -0.4 is 4.74 Å². The number of ether oxygens (including phenoxy) is 2. The minimum Gasteiger partial charge on any atom is -0.495 e. The summed E-state index contributed by atoms with van der Waals surface area (Å²) in [4.78, 5) is 23.0. The number of carbonyl (C=O) groups excluding carboxylic acids is 1. The van der Waals surface area contributed by atoms with Gasteiger partial charge in [0, 0.05) is 37.5 Å². The fourth-order valence-electron chi connectivity index (χ4n) is 4.55. The van der Waals surface area contributed by atoms with E-state index < -0.39 is 0 Å². The van der Waals surface area contributed by atoms with E-state index in [1.165, 1.54) is 5.57 Å². The molecule has 0 bridgehead atoms. The maximum Gasteiger partial charge on any atom is 0.410 e. The van der Waals surface area contributed by atoms with Crippen LogP contribution in [0, 0.1) is 13.8 Å². The SMILES string of the molecule is CCOC(=O)N1CC=C(c2cc(C)cn3nc(Cc4ccc(-n5cnc(C)c5)c(OC)c4)nc23)CC1. The van der Waals surface area contributed by atoms with Crippen molar-refractivity contribution in [3.05, 3.63) is 77.3 Å². The Bertz CT molecular complexity index is 1450. The van der Waals surface area contributed by atoms with Crippen LogP contribution in [0.2, 0.25) is 0 Å². The van der Waals surface area contributed by atoms with Crippen molar-refractivity contribution in [3.63, 3.8) is 0 Å². The molecule has 9 heteroatoms. The van der Waals surface area contributed by atoms with Crippen molar-refractivity contribution in [2.45, 2.75) is 33.6 Å². The highest BCUT2D eigenvalue weighted by Gasteiger charge is 2.21. The van der Waals surface area contributed by atoms with Crippen LogP contribution in [0.3, 0.4) is 0 Å². The average Bonchev–Trinajstić information content (AvgIpc) is 3.49. The number of rotatable bonds is 6. The van der Waals surface area contributed by atoms with E-state index in [2.05, 4.69) is 30.1 Å². The number of carbonyl (C=O) groups is 1. The molecule has 5 rings (SSSR count). The first kappa shape index (κ1) is 23.6. The van der Waals surface area contributed by atoms with E-state index in [1.54, 1.807) is 18.3 Å². The van der Waals surface area contributed by atoms with Crippen LogP contribution in [0.15, 0.2) is 49.1 Å². The van der Waals surface area contributed by atoms with Gasteiger partial charge in [0.2, 0.25) is 0 Å². The molecule has 0 saturated carbocycles. The summed E-state index contributed by atoms with van der Waals surface area (Å²) in [7, 11) is 1.67. The highest BCUT2D eigenvalue weighted by molar-refractivity contribution is 5.78. The smallest absolute Gasteiger partial charge is 0.410 e. The molecule has 0 aliphatic carbocycles. The molecule has 0 saturated heterocycles. The summed E-state index contributed by atoms with van der Waals surface area (Å²) in [5.74, 6) is 1.50. The quantitative estimate of drug-likeness (QED) is 0.402. The number of hydrogen-bond acceptors (Lipinski definition) is 6. The number of pyridine rings is 1. The Kier molecular flexibility index (Phi) is 6.45. The lowest BCUT2D eigenvalue weighted by Crippen LogP contribution is -2.35. The first-order valence-corrected chi connectivity index (χ1v) is 12.1. The average molecular weight is 487 g/mol. The van der Waals surface area contributed by atoms with Gasteiger partial charge in [-0.1, -0.05) is 12.1 Å². The van der Waals surface area contributed by atoms with Gasteiger partial charge in [-0.05, 0) is 62.1 Å². The molecular weight excluding hydrogens is 456 g/mol. The zero-order chi connectivity index (χ0) is 25.2. The Morgan fingerprint density at radius 2 is 2.03 bits per heavy atom. The fourth-order valence-corrected chi connectivity index (χ4v) is 4.55. The van der Waals surface area contributed by atoms with E-state index >= 15 is 0 Å². The molecule has 0 radical (unpaired) electrons. The molecule has 1 aliphatic heterocycles. The summed E-state index contributed by atoms with van der Waals surface area (Å²) in [6, 6.07) is 8.27. The summed E-state index contributed by atoms with van der Waals surface area (Å²) in [6.45, 7) is 7.36. The van der Waals surface area contributed by atoms with Gasteiger partial charge in [0.15, 0.2) is 11.5 Å². The minimum atomic E-state index is -0.267. The predicted octanol–water partition coefficient (Wildman–Crippen LogP) is 4.38. The summed E-state index contributed by atoms with van der Waals surface area (Å²) < 4.78 is 14.6. The van der Waals surface area contributed by atoms with Crippen LogP contribution in [0.25, 0.3) is 16.9 Å². The Labute approximate surface area is 210 Å². The molecule has 4 heterocycles. The van der Waals surface area contributed by atoms with Crippen molar-refractivity contribution in [3.8, 4) is 11.4 Å². The number of nitrogens with zero attached hydrogens (tertiary/aromatic N) is 6. The van der Waals surface area contributed by atoms with Gasteiger partial charge in [-0.15, -0.1) is 0 Å². The first-order chi connectivity index (χ1) is 17.4. The van der Waals surface area contributed by atoms with Crippen LogP contribution in [0.1, 0.15) is 41.6 Å². The molecular formula is C27H30N6O3. The van der Waals surface area contributed by atoms with Crippen molar-refractivity contribution in [1.82, 2.24) is 29.0 Å². The molecule has 0 unspecified atom stereocenters. The number of amides is 1. The molecule has 4 aromatic rings. The third kappa shape index (κ3) is 4.68. The zero-order valence-electron chi connectivity index (χ0n) is 21.1. The van der Waals surface area contributed by atoms with Crippen LogP contribution in [-0.2, 0) is 11.2 Å². The van der Waals surface area contributed by atoms with Crippen LogP contribution in [-0.4, -0.2) is 61.9 Å². The van der Waals surface area contributed by atoms with E-state index in [-0.39, 0.29) is 6.09 Å². The van der Waals surface area contributed by atoms with E-state index in [0.29, 0.717) is 26.1 Å². The van der Waals surface area contributed by atoms with E-state index in [9.17, 15) is 4.79 Å². The molecule has 0 fully saturated rings.